The largest absolute Gasteiger partial charge is 0.197 e. The Bertz CT molecular complexity index is 787. The summed E-state index contributed by atoms with van der Waals surface area (Å²) in [6, 6.07) is 28.7. The van der Waals surface area contributed by atoms with E-state index in [-0.39, 0.29) is 13.5 Å². The fraction of sp³-hybridized carbons (Fsp3) is 0.250. The van der Waals surface area contributed by atoms with Gasteiger partial charge in [0.05, 0.1) is 0 Å². The number of benzene rings is 3. The molecule has 0 nitrogen and oxygen atoms in total. The van der Waals surface area contributed by atoms with E-state index in [1.54, 1.807) is 0 Å². The van der Waals surface area contributed by atoms with Gasteiger partial charge in [-0.1, -0.05) is 98.1 Å². The zero-order chi connectivity index (χ0) is 16.2. The lowest BCUT2D eigenvalue weighted by atomic mass is 9.82. The van der Waals surface area contributed by atoms with E-state index in [1.165, 1.54) is 59.9 Å². The lowest BCUT2D eigenvalue weighted by Crippen LogP contribution is -2.04. The van der Waals surface area contributed by atoms with Crippen LogP contribution in [0.3, 0.4) is 0 Å². The highest BCUT2D eigenvalue weighted by molar-refractivity contribution is 7.59. The molecule has 1 aliphatic carbocycles. The van der Waals surface area contributed by atoms with E-state index in [2.05, 4.69) is 78.9 Å². The minimum absolute atomic E-state index is 0. The molecular formula is C24H26S. The molecule has 0 N–H and O–H groups in total. The molecule has 0 atom stereocenters. The Morgan fingerprint density at radius 3 is 1.72 bits per heavy atom. The van der Waals surface area contributed by atoms with Crippen LogP contribution in [0.25, 0.3) is 22.3 Å². The molecule has 3 aromatic rings. The average molecular weight is 347 g/mol. The summed E-state index contributed by atoms with van der Waals surface area (Å²) in [6.45, 7) is 0. The summed E-state index contributed by atoms with van der Waals surface area (Å²) in [7, 11) is 0. The molecule has 0 amide bonds. The van der Waals surface area contributed by atoms with Gasteiger partial charge >= 0.3 is 0 Å². The van der Waals surface area contributed by atoms with Gasteiger partial charge in [0.1, 0.15) is 0 Å². The van der Waals surface area contributed by atoms with E-state index in [9.17, 15) is 0 Å². The second-order valence-electron chi connectivity index (χ2n) is 6.87. The molecule has 1 aliphatic rings. The highest BCUT2D eigenvalue weighted by Crippen LogP contribution is 2.38. The minimum Gasteiger partial charge on any atom is -0.197 e. The Hall–Kier alpha value is -1.99. The first-order valence-corrected chi connectivity index (χ1v) is 9.16. The first-order chi connectivity index (χ1) is 11.9. The number of hydrogen-bond donors (Lipinski definition) is 0. The minimum atomic E-state index is 0. The highest BCUT2D eigenvalue weighted by atomic mass is 32.1. The maximum absolute atomic E-state index is 2.45. The second-order valence-corrected chi connectivity index (χ2v) is 6.87. The molecular weight excluding hydrogens is 320 g/mol. The van der Waals surface area contributed by atoms with Crippen LogP contribution in [-0.2, 0) is 0 Å². The maximum atomic E-state index is 2.45. The van der Waals surface area contributed by atoms with Gasteiger partial charge in [0.2, 0.25) is 0 Å². The van der Waals surface area contributed by atoms with Crippen molar-refractivity contribution in [1.82, 2.24) is 0 Å². The van der Waals surface area contributed by atoms with Crippen LogP contribution in [0.4, 0.5) is 0 Å². The van der Waals surface area contributed by atoms with E-state index in [4.69, 9.17) is 0 Å². The molecule has 1 heteroatoms. The molecule has 25 heavy (non-hydrogen) atoms. The normalized spacial score (nSPS) is 14.7. The quantitative estimate of drug-likeness (QED) is 0.471. The van der Waals surface area contributed by atoms with Crippen molar-refractivity contribution in [3.8, 4) is 22.3 Å². The molecule has 0 heterocycles. The van der Waals surface area contributed by atoms with E-state index < -0.39 is 0 Å². The van der Waals surface area contributed by atoms with Crippen molar-refractivity contribution >= 4 is 13.5 Å². The summed E-state index contributed by atoms with van der Waals surface area (Å²) in [5.41, 5.74) is 6.83. The summed E-state index contributed by atoms with van der Waals surface area (Å²) in [5.74, 6) is 0.742. The highest BCUT2D eigenvalue weighted by Gasteiger charge is 2.17. The standard InChI is InChI=1S/C24H24.H2S/c1-4-10-19(11-5-1)22-16-17-23(20-12-6-2-7-13-20)24(18-22)21-14-8-3-9-15-21;/h2-3,6-9,12-19H,1,4-5,10-11H2;1H2. The molecule has 0 aliphatic heterocycles. The molecule has 128 valence electrons. The predicted molar refractivity (Wildman–Crippen MR) is 114 cm³/mol. The summed E-state index contributed by atoms with van der Waals surface area (Å²) in [6.07, 6.45) is 6.86. The first kappa shape index (κ1) is 17.8. The van der Waals surface area contributed by atoms with Gasteiger partial charge < -0.3 is 0 Å². The molecule has 0 bridgehead atoms. The van der Waals surface area contributed by atoms with Crippen LogP contribution < -0.4 is 0 Å². The van der Waals surface area contributed by atoms with Gasteiger partial charge in [-0.15, -0.1) is 0 Å². The van der Waals surface area contributed by atoms with Crippen LogP contribution in [0, 0.1) is 0 Å². The second kappa shape index (κ2) is 8.40. The molecule has 1 saturated carbocycles. The zero-order valence-electron chi connectivity index (χ0n) is 14.6. The van der Waals surface area contributed by atoms with E-state index >= 15 is 0 Å². The summed E-state index contributed by atoms with van der Waals surface area (Å²) < 4.78 is 0. The summed E-state index contributed by atoms with van der Waals surface area (Å²) in [5, 5.41) is 0. The Kier molecular flexibility index (Phi) is 5.99. The van der Waals surface area contributed by atoms with Crippen LogP contribution in [0.2, 0.25) is 0 Å². The van der Waals surface area contributed by atoms with Gasteiger partial charge in [-0.3, -0.25) is 0 Å². The Morgan fingerprint density at radius 2 is 1.12 bits per heavy atom. The third-order valence-corrected chi connectivity index (χ3v) is 5.29. The van der Waals surface area contributed by atoms with Crippen molar-refractivity contribution in [2.75, 3.05) is 0 Å². The Labute approximate surface area is 158 Å². The Balaban J connectivity index is 0.00000182. The van der Waals surface area contributed by atoms with Gasteiger partial charge in [-0.2, -0.15) is 13.5 Å². The van der Waals surface area contributed by atoms with Crippen molar-refractivity contribution in [1.29, 1.82) is 0 Å². The topological polar surface area (TPSA) is 0 Å². The van der Waals surface area contributed by atoms with Crippen LogP contribution in [0.5, 0.6) is 0 Å². The van der Waals surface area contributed by atoms with Crippen molar-refractivity contribution in [2.24, 2.45) is 0 Å². The van der Waals surface area contributed by atoms with Gasteiger partial charge in [-0.25, -0.2) is 0 Å². The predicted octanol–water partition coefficient (Wildman–Crippen LogP) is 7.18. The van der Waals surface area contributed by atoms with E-state index in [0.717, 1.165) is 5.92 Å². The summed E-state index contributed by atoms with van der Waals surface area (Å²) >= 11 is 0. The van der Waals surface area contributed by atoms with E-state index in [0.29, 0.717) is 0 Å². The van der Waals surface area contributed by atoms with Crippen LogP contribution in [0.15, 0.2) is 78.9 Å². The summed E-state index contributed by atoms with van der Waals surface area (Å²) in [4.78, 5) is 0. The molecule has 0 unspecified atom stereocenters. The molecule has 0 spiro atoms. The fourth-order valence-electron chi connectivity index (χ4n) is 3.98. The van der Waals surface area contributed by atoms with Gasteiger partial charge in [-0.05, 0) is 46.6 Å². The monoisotopic (exact) mass is 346 g/mol. The van der Waals surface area contributed by atoms with Crippen LogP contribution in [-0.4, -0.2) is 0 Å². The van der Waals surface area contributed by atoms with Gasteiger partial charge in [0.15, 0.2) is 0 Å². The van der Waals surface area contributed by atoms with Crippen LogP contribution in [0.1, 0.15) is 43.6 Å². The first-order valence-electron chi connectivity index (χ1n) is 9.16. The molecule has 1 fully saturated rings. The molecule has 0 aromatic heterocycles. The van der Waals surface area contributed by atoms with Crippen molar-refractivity contribution in [3.05, 3.63) is 84.4 Å². The van der Waals surface area contributed by atoms with Crippen molar-refractivity contribution < 1.29 is 0 Å². The smallest absolute Gasteiger partial charge is 0.0103 e. The van der Waals surface area contributed by atoms with Crippen molar-refractivity contribution in [2.45, 2.75) is 38.0 Å². The Morgan fingerprint density at radius 1 is 0.560 bits per heavy atom. The average Bonchev–Trinajstić information content (AvgIpc) is 2.69. The van der Waals surface area contributed by atoms with Crippen LogP contribution >= 0.6 is 13.5 Å². The number of rotatable bonds is 3. The number of hydrogen-bond acceptors (Lipinski definition) is 0. The third kappa shape index (κ3) is 3.99. The molecule has 3 aromatic carbocycles. The third-order valence-electron chi connectivity index (χ3n) is 5.29. The SMILES string of the molecule is S.c1ccc(-c2ccc(C3CCCCC3)cc2-c2ccccc2)cc1. The van der Waals surface area contributed by atoms with Crippen molar-refractivity contribution in [3.63, 3.8) is 0 Å². The van der Waals surface area contributed by atoms with E-state index in [1.807, 2.05) is 0 Å². The molecule has 0 saturated heterocycles. The molecule has 0 radical (unpaired) electrons. The van der Waals surface area contributed by atoms with Gasteiger partial charge in [0.25, 0.3) is 0 Å². The lowest BCUT2D eigenvalue weighted by Gasteiger charge is -2.23. The van der Waals surface area contributed by atoms with Gasteiger partial charge in [0, 0.05) is 0 Å². The lowest BCUT2D eigenvalue weighted by molar-refractivity contribution is 0.444. The zero-order valence-corrected chi connectivity index (χ0v) is 15.6. The molecule has 4 rings (SSSR count). The maximum Gasteiger partial charge on any atom is -0.0103 e. The fourth-order valence-corrected chi connectivity index (χ4v) is 3.98.